The number of nitrogens with two attached hydrogens (primary N) is 1. The van der Waals surface area contributed by atoms with E-state index in [9.17, 15) is 9.18 Å². The van der Waals surface area contributed by atoms with E-state index in [-0.39, 0.29) is 11.9 Å². The predicted molar refractivity (Wildman–Crippen MR) is 80.5 cm³/mol. The first kappa shape index (κ1) is 14.8. The minimum absolute atomic E-state index is 0.0134. The van der Waals surface area contributed by atoms with Crippen molar-refractivity contribution >= 4 is 17.4 Å². The molecule has 0 bridgehead atoms. The van der Waals surface area contributed by atoms with E-state index in [0.29, 0.717) is 5.69 Å². The van der Waals surface area contributed by atoms with Gasteiger partial charge in [0.15, 0.2) is 0 Å². The van der Waals surface area contributed by atoms with E-state index in [4.69, 9.17) is 5.73 Å². The molecule has 2 amide bonds. The standard InChI is InChI=1S/C15H17FN4O/c1-2-13(14-8-3-10(16)9-18-14)19-11-4-6-12(7-5-11)20-15(17)21/h3-9,13,19H,2H2,1H3,(H3,17,20,21). The highest BCUT2D eigenvalue weighted by atomic mass is 19.1. The second-order valence-electron chi connectivity index (χ2n) is 4.57. The maximum Gasteiger partial charge on any atom is 0.316 e. The van der Waals surface area contributed by atoms with E-state index in [1.807, 2.05) is 19.1 Å². The molecule has 0 radical (unpaired) electrons. The van der Waals surface area contributed by atoms with Crippen molar-refractivity contribution in [2.75, 3.05) is 10.6 Å². The number of benzene rings is 1. The second kappa shape index (κ2) is 6.69. The maximum absolute atomic E-state index is 12.9. The summed E-state index contributed by atoms with van der Waals surface area (Å²) < 4.78 is 12.9. The van der Waals surface area contributed by atoms with Gasteiger partial charge in [-0.05, 0) is 42.8 Å². The number of amides is 2. The average molecular weight is 288 g/mol. The zero-order chi connectivity index (χ0) is 15.2. The van der Waals surface area contributed by atoms with Crippen molar-refractivity contribution in [3.63, 3.8) is 0 Å². The number of primary amides is 1. The Morgan fingerprint density at radius 2 is 1.90 bits per heavy atom. The molecule has 21 heavy (non-hydrogen) atoms. The SMILES string of the molecule is CCC(Nc1ccc(NC(N)=O)cc1)c1ccc(F)cn1. The number of carbonyl (C=O) groups is 1. The van der Waals surface area contributed by atoms with Crippen LogP contribution < -0.4 is 16.4 Å². The number of hydrogen-bond donors (Lipinski definition) is 3. The number of nitrogens with one attached hydrogen (secondary N) is 2. The third-order valence-electron chi connectivity index (χ3n) is 3.01. The van der Waals surface area contributed by atoms with Crippen molar-refractivity contribution in [1.29, 1.82) is 0 Å². The summed E-state index contributed by atoms with van der Waals surface area (Å²) in [6.45, 7) is 2.02. The summed E-state index contributed by atoms with van der Waals surface area (Å²) in [6, 6.07) is 9.61. The van der Waals surface area contributed by atoms with Gasteiger partial charge in [-0.25, -0.2) is 9.18 Å². The number of aromatic nitrogens is 1. The lowest BCUT2D eigenvalue weighted by Gasteiger charge is -2.18. The van der Waals surface area contributed by atoms with Crippen LogP contribution >= 0.6 is 0 Å². The molecule has 6 heteroatoms. The van der Waals surface area contributed by atoms with Crippen LogP contribution in [0, 0.1) is 5.82 Å². The largest absolute Gasteiger partial charge is 0.377 e. The number of urea groups is 1. The number of halogens is 1. The monoisotopic (exact) mass is 288 g/mol. The lowest BCUT2D eigenvalue weighted by Crippen LogP contribution is -2.19. The fraction of sp³-hybridized carbons (Fsp3) is 0.200. The van der Waals surface area contributed by atoms with Crippen LogP contribution in [0.1, 0.15) is 25.1 Å². The molecule has 1 unspecified atom stereocenters. The number of carbonyl (C=O) groups excluding carboxylic acids is 1. The highest BCUT2D eigenvalue weighted by Crippen LogP contribution is 2.22. The summed E-state index contributed by atoms with van der Waals surface area (Å²) >= 11 is 0. The van der Waals surface area contributed by atoms with Crippen LogP contribution in [-0.2, 0) is 0 Å². The average Bonchev–Trinajstić information content (AvgIpc) is 2.47. The number of anilines is 2. The molecule has 1 aromatic heterocycles. The molecule has 1 atom stereocenters. The minimum atomic E-state index is -0.599. The lowest BCUT2D eigenvalue weighted by atomic mass is 10.1. The summed E-state index contributed by atoms with van der Waals surface area (Å²) in [7, 11) is 0. The highest BCUT2D eigenvalue weighted by molar-refractivity contribution is 5.87. The predicted octanol–water partition coefficient (Wildman–Crippen LogP) is 3.27. The summed E-state index contributed by atoms with van der Waals surface area (Å²) in [6.07, 6.45) is 2.01. The van der Waals surface area contributed by atoms with E-state index in [2.05, 4.69) is 15.6 Å². The van der Waals surface area contributed by atoms with Crippen LogP contribution in [0.2, 0.25) is 0 Å². The summed E-state index contributed by atoms with van der Waals surface area (Å²) in [5, 5.41) is 5.81. The smallest absolute Gasteiger partial charge is 0.316 e. The topological polar surface area (TPSA) is 80.0 Å². The molecular formula is C15H17FN4O. The molecule has 0 spiro atoms. The summed E-state index contributed by atoms with van der Waals surface area (Å²) in [4.78, 5) is 14.8. The molecule has 0 aliphatic rings. The first-order valence-corrected chi connectivity index (χ1v) is 6.63. The fourth-order valence-corrected chi connectivity index (χ4v) is 1.97. The van der Waals surface area contributed by atoms with Crippen LogP contribution in [-0.4, -0.2) is 11.0 Å². The zero-order valence-electron chi connectivity index (χ0n) is 11.6. The molecule has 0 fully saturated rings. The van der Waals surface area contributed by atoms with Crippen molar-refractivity contribution in [2.24, 2.45) is 5.73 Å². The molecule has 2 rings (SSSR count). The van der Waals surface area contributed by atoms with E-state index in [1.165, 1.54) is 12.3 Å². The minimum Gasteiger partial charge on any atom is -0.377 e. The molecule has 4 N–H and O–H groups in total. The van der Waals surface area contributed by atoms with E-state index < -0.39 is 6.03 Å². The van der Waals surface area contributed by atoms with Crippen molar-refractivity contribution in [3.05, 3.63) is 54.1 Å². The Bertz CT molecular complexity index is 598. The number of nitrogens with zero attached hydrogens (tertiary/aromatic N) is 1. The Morgan fingerprint density at radius 3 is 2.43 bits per heavy atom. The quantitative estimate of drug-likeness (QED) is 0.790. The van der Waals surface area contributed by atoms with Crippen LogP contribution in [0.5, 0.6) is 0 Å². The molecular weight excluding hydrogens is 271 g/mol. The highest BCUT2D eigenvalue weighted by Gasteiger charge is 2.10. The molecule has 0 saturated heterocycles. The van der Waals surface area contributed by atoms with Gasteiger partial charge in [-0.1, -0.05) is 6.92 Å². The van der Waals surface area contributed by atoms with Gasteiger partial charge in [0.1, 0.15) is 5.82 Å². The van der Waals surface area contributed by atoms with Crippen LogP contribution in [0.25, 0.3) is 0 Å². The zero-order valence-corrected chi connectivity index (χ0v) is 11.6. The van der Waals surface area contributed by atoms with Gasteiger partial charge in [0, 0.05) is 11.4 Å². The fourth-order valence-electron chi connectivity index (χ4n) is 1.97. The van der Waals surface area contributed by atoms with Crippen molar-refractivity contribution in [3.8, 4) is 0 Å². The third kappa shape index (κ3) is 4.17. The number of pyridine rings is 1. The van der Waals surface area contributed by atoms with Crippen LogP contribution in [0.15, 0.2) is 42.6 Å². The van der Waals surface area contributed by atoms with Crippen LogP contribution in [0.3, 0.4) is 0 Å². The first-order valence-electron chi connectivity index (χ1n) is 6.63. The second-order valence-corrected chi connectivity index (χ2v) is 4.57. The Morgan fingerprint density at radius 1 is 1.24 bits per heavy atom. The molecule has 1 heterocycles. The van der Waals surface area contributed by atoms with Gasteiger partial charge in [-0.15, -0.1) is 0 Å². The van der Waals surface area contributed by atoms with Crippen molar-refractivity contribution in [2.45, 2.75) is 19.4 Å². The molecule has 1 aromatic carbocycles. The maximum atomic E-state index is 12.9. The van der Waals surface area contributed by atoms with Gasteiger partial charge in [0.25, 0.3) is 0 Å². The molecule has 0 aliphatic heterocycles. The molecule has 110 valence electrons. The Labute approximate surface area is 122 Å². The van der Waals surface area contributed by atoms with Crippen LogP contribution in [0.4, 0.5) is 20.6 Å². The van der Waals surface area contributed by atoms with Gasteiger partial charge in [-0.2, -0.15) is 0 Å². The van der Waals surface area contributed by atoms with Gasteiger partial charge < -0.3 is 16.4 Å². The summed E-state index contributed by atoms with van der Waals surface area (Å²) in [5.74, 6) is -0.351. The normalized spacial score (nSPS) is 11.7. The van der Waals surface area contributed by atoms with Gasteiger partial charge in [0.2, 0.25) is 0 Å². The molecule has 2 aromatic rings. The van der Waals surface area contributed by atoms with Crippen molar-refractivity contribution < 1.29 is 9.18 Å². The molecule has 0 aliphatic carbocycles. The Hall–Kier alpha value is -2.63. The number of rotatable bonds is 5. The van der Waals surface area contributed by atoms with Gasteiger partial charge in [0.05, 0.1) is 17.9 Å². The third-order valence-corrected chi connectivity index (χ3v) is 3.01. The Balaban J connectivity index is 2.07. The van der Waals surface area contributed by atoms with E-state index in [0.717, 1.165) is 17.8 Å². The van der Waals surface area contributed by atoms with E-state index in [1.54, 1.807) is 18.2 Å². The van der Waals surface area contributed by atoms with E-state index >= 15 is 0 Å². The molecule has 5 nitrogen and oxygen atoms in total. The van der Waals surface area contributed by atoms with Crippen molar-refractivity contribution in [1.82, 2.24) is 4.98 Å². The number of hydrogen-bond acceptors (Lipinski definition) is 3. The summed E-state index contributed by atoms with van der Waals surface area (Å²) in [5.41, 5.74) is 7.33. The van der Waals surface area contributed by atoms with Gasteiger partial charge >= 0.3 is 6.03 Å². The molecule has 0 saturated carbocycles. The lowest BCUT2D eigenvalue weighted by molar-refractivity contribution is 0.259. The Kier molecular flexibility index (Phi) is 4.71. The first-order chi connectivity index (χ1) is 10.1. The van der Waals surface area contributed by atoms with Gasteiger partial charge in [-0.3, -0.25) is 4.98 Å².